The zero-order valence-corrected chi connectivity index (χ0v) is 8.19. The smallest absolute Gasteiger partial charge is 0.231 e. The maximum absolute atomic E-state index is 8.85. The quantitative estimate of drug-likeness (QED) is 0.738. The van der Waals surface area contributed by atoms with Gasteiger partial charge in [0.15, 0.2) is 11.5 Å². The van der Waals surface area contributed by atoms with E-state index in [4.69, 9.17) is 14.6 Å². The molecule has 0 saturated carbocycles. The summed E-state index contributed by atoms with van der Waals surface area (Å²) in [4.78, 5) is 4.44. The molecule has 0 radical (unpaired) electrons. The summed E-state index contributed by atoms with van der Waals surface area (Å²) in [6.07, 6.45) is 5.45. The number of aliphatic hydroxyl groups is 1. The number of aliphatic imine (C=N–C) groups is 1. The lowest BCUT2D eigenvalue weighted by Gasteiger charge is -2.09. The maximum Gasteiger partial charge on any atom is 0.231 e. The van der Waals surface area contributed by atoms with E-state index >= 15 is 0 Å². The summed E-state index contributed by atoms with van der Waals surface area (Å²) >= 11 is 0. The van der Waals surface area contributed by atoms with Gasteiger partial charge >= 0.3 is 0 Å². The van der Waals surface area contributed by atoms with Crippen molar-refractivity contribution in [3.63, 3.8) is 0 Å². The van der Waals surface area contributed by atoms with Crippen LogP contribution >= 0.6 is 0 Å². The zero-order chi connectivity index (χ0) is 10.3. The molecule has 0 aromatic heterocycles. The molecule has 1 saturated heterocycles. The lowest BCUT2D eigenvalue weighted by atomic mass is 10.0. The Bertz CT molecular complexity index is 429. The molecule has 15 heavy (non-hydrogen) atoms. The molecular weight excluding hydrogens is 194 g/mol. The molecule has 0 amide bonds. The number of rotatable bonds is 2. The van der Waals surface area contributed by atoms with Crippen molar-refractivity contribution in [2.24, 2.45) is 4.99 Å². The Labute approximate surface area is 87.2 Å². The van der Waals surface area contributed by atoms with E-state index in [1.807, 2.05) is 12.2 Å². The molecule has 2 heterocycles. The van der Waals surface area contributed by atoms with Crippen molar-refractivity contribution in [3.8, 4) is 0 Å². The first-order chi connectivity index (χ1) is 7.38. The molecule has 1 fully saturated rings. The van der Waals surface area contributed by atoms with E-state index in [1.54, 1.807) is 0 Å². The van der Waals surface area contributed by atoms with Crippen molar-refractivity contribution >= 4 is 5.71 Å². The fourth-order valence-corrected chi connectivity index (χ4v) is 1.94. The Morgan fingerprint density at radius 2 is 2.33 bits per heavy atom. The number of fused-ring (bicyclic) bond motifs is 2. The van der Waals surface area contributed by atoms with Crippen LogP contribution < -0.4 is 0 Å². The fraction of sp³-hybridized carbons (Fsp3) is 0.364. The van der Waals surface area contributed by atoms with Gasteiger partial charge in [-0.05, 0) is 24.1 Å². The second-order valence-corrected chi connectivity index (χ2v) is 3.60. The molecule has 3 rings (SSSR count). The van der Waals surface area contributed by atoms with Gasteiger partial charge in [0.1, 0.15) is 5.70 Å². The van der Waals surface area contributed by atoms with Gasteiger partial charge in [0, 0.05) is 18.7 Å². The van der Waals surface area contributed by atoms with Crippen LogP contribution in [0.5, 0.6) is 0 Å². The highest BCUT2D eigenvalue weighted by molar-refractivity contribution is 6.00. The predicted molar refractivity (Wildman–Crippen MR) is 54.0 cm³/mol. The van der Waals surface area contributed by atoms with Crippen molar-refractivity contribution in [2.45, 2.75) is 12.8 Å². The third kappa shape index (κ3) is 1.29. The van der Waals surface area contributed by atoms with Gasteiger partial charge in [0.25, 0.3) is 0 Å². The van der Waals surface area contributed by atoms with Gasteiger partial charge in [-0.2, -0.15) is 0 Å². The van der Waals surface area contributed by atoms with Gasteiger partial charge in [0.05, 0.1) is 0 Å². The summed E-state index contributed by atoms with van der Waals surface area (Å²) in [5, 5.41) is 8.85. The van der Waals surface area contributed by atoms with Crippen molar-refractivity contribution in [1.82, 2.24) is 0 Å². The lowest BCUT2D eigenvalue weighted by molar-refractivity contribution is 0.0973. The molecule has 1 aliphatic carbocycles. The van der Waals surface area contributed by atoms with Crippen molar-refractivity contribution < 1.29 is 14.6 Å². The number of hydrogen-bond acceptors (Lipinski definition) is 4. The Kier molecular flexibility index (Phi) is 1.89. The van der Waals surface area contributed by atoms with Crippen LogP contribution in [0.25, 0.3) is 0 Å². The largest absolute Gasteiger partial charge is 0.454 e. The molecule has 0 bridgehead atoms. The van der Waals surface area contributed by atoms with Crippen LogP contribution in [-0.2, 0) is 9.47 Å². The van der Waals surface area contributed by atoms with Crippen LogP contribution in [0.2, 0.25) is 0 Å². The molecule has 4 nitrogen and oxygen atoms in total. The van der Waals surface area contributed by atoms with Gasteiger partial charge in [-0.15, -0.1) is 0 Å². The summed E-state index contributed by atoms with van der Waals surface area (Å²) in [5.41, 5.74) is 2.95. The predicted octanol–water partition coefficient (Wildman–Crippen LogP) is 1.25. The van der Waals surface area contributed by atoms with Crippen LogP contribution in [0.3, 0.4) is 0 Å². The van der Waals surface area contributed by atoms with E-state index in [2.05, 4.69) is 4.99 Å². The minimum absolute atomic E-state index is 0.128. The van der Waals surface area contributed by atoms with Gasteiger partial charge in [0.2, 0.25) is 6.79 Å². The van der Waals surface area contributed by atoms with E-state index in [0.717, 1.165) is 34.9 Å². The molecule has 1 N–H and O–H groups in total. The van der Waals surface area contributed by atoms with Crippen LogP contribution in [0.15, 0.2) is 39.9 Å². The van der Waals surface area contributed by atoms with Crippen LogP contribution in [0.4, 0.5) is 0 Å². The van der Waals surface area contributed by atoms with Gasteiger partial charge in [-0.25, -0.2) is 4.99 Å². The lowest BCUT2D eigenvalue weighted by Crippen LogP contribution is -1.97. The second kappa shape index (κ2) is 3.24. The topological polar surface area (TPSA) is 51.1 Å². The molecule has 78 valence electrons. The van der Waals surface area contributed by atoms with Gasteiger partial charge < -0.3 is 14.6 Å². The number of ether oxygens (including phenoxy) is 2. The third-order valence-corrected chi connectivity index (χ3v) is 2.63. The molecule has 2 aliphatic heterocycles. The molecule has 0 aromatic rings. The highest BCUT2D eigenvalue weighted by Gasteiger charge is 2.29. The van der Waals surface area contributed by atoms with Crippen molar-refractivity contribution in [3.05, 3.63) is 34.9 Å². The Morgan fingerprint density at radius 3 is 3.20 bits per heavy atom. The van der Waals surface area contributed by atoms with Gasteiger partial charge in [-0.1, -0.05) is 0 Å². The summed E-state index contributed by atoms with van der Waals surface area (Å²) in [6, 6.07) is 0. The molecular formula is C11H11NO3. The summed E-state index contributed by atoms with van der Waals surface area (Å²) in [7, 11) is 0. The van der Waals surface area contributed by atoms with Crippen molar-refractivity contribution in [2.75, 3.05) is 13.4 Å². The number of hydrogen-bond donors (Lipinski definition) is 1. The number of allylic oxidation sites excluding steroid dienone is 3. The van der Waals surface area contributed by atoms with Crippen LogP contribution in [0, 0.1) is 0 Å². The zero-order valence-electron chi connectivity index (χ0n) is 8.19. The number of nitrogens with zero attached hydrogens (tertiary/aromatic N) is 1. The van der Waals surface area contributed by atoms with E-state index in [9.17, 15) is 0 Å². The van der Waals surface area contributed by atoms with Crippen LogP contribution in [-0.4, -0.2) is 24.2 Å². The fourth-order valence-electron chi connectivity index (χ4n) is 1.94. The first kappa shape index (κ1) is 8.73. The number of aliphatic hydroxyl groups excluding tert-OH is 1. The monoisotopic (exact) mass is 205 g/mol. The minimum Gasteiger partial charge on any atom is -0.454 e. The average Bonchev–Trinajstić information content (AvgIpc) is 2.80. The Balaban J connectivity index is 2.00. The van der Waals surface area contributed by atoms with E-state index in [1.165, 1.54) is 0 Å². The van der Waals surface area contributed by atoms with Crippen LogP contribution in [0.1, 0.15) is 12.8 Å². The average molecular weight is 205 g/mol. The molecule has 0 aromatic carbocycles. The molecule has 0 unspecified atom stereocenters. The first-order valence-electron chi connectivity index (χ1n) is 4.98. The summed E-state index contributed by atoms with van der Waals surface area (Å²) in [6.45, 7) is 0.408. The van der Waals surface area contributed by atoms with Crippen molar-refractivity contribution in [1.29, 1.82) is 0 Å². The highest BCUT2D eigenvalue weighted by atomic mass is 16.7. The van der Waals surface area contributed by atoms with E-state index < -0.39 is 0 Å². The molecule has 0 atom stereocenters. The molecule has 3 aliphatic rings. The molecule has 4 heteroatoms. The second-order valence-electron chi connectivity index (χ2n) is 3.60. The van der Waals surface area contributed by atoms with E-state index in [0.29, 0.717) is 6.42 Å². The summed E-state index contributed by atoms with van der Waals surface area (Å²) in [5.74, 6) is 1.55. The van der Waals surface area contributed by atoms with Gasteiger partial charge in [-0.3, -0.25) is 0 Å². The highest BCUT2D eigenvalue weighted by Crippen LogP contribution is 2.37. The molecule has 0 spiro atoms. The normalized spacial score (nSPS) is 22.3. The first-order valence-corrected chi connectivity index (χ1v) is 4.98. The third-order valence-electron chi connectivity index (χ3n) is 2.63. The Hall–Kier alpha value is -1.55. The minimum atomic E-state index is 0.128. The SMILES string of the molecule is OCCC1=NC2=C3OCOC3=CCC2=C1. The van der Waals surface area contributed by atoms with E-state index in [-0.39, 0.29) is 13.4 Å². The Morgan fingerprint density at radius 1 is 1.40 bits per heavy atom. The summed E-state index contributed by atoms with van der Waals surface area (Å²) < 4.78 is 10.7. The standard InChI is InChI=1S/C11H11NO3/c13-4-3-8-5-7-1-2-9-11(10(7)12-8)15-6-14-9/h2,5,13H,1,3-4,6H2. The maximum atomic E-state index is 8.85.